The second-order valence-corrected chi connectivity index (χ2v) is 12.9. The van der Waals surface area contributed by atoms with Gasteiger partial charge in [0.05, 0.1) is 18.7 Å². The number of rotatable bonds is 11. The van der Waals surface area contributed by atoms with Crippen molar-refractivity contribution in [3.05, 3.63) is 138 Å². The molecule has 48 heavy (non-hydrogen) atoms. The Balaban J connectivity index is 0.00000193. The lowest BCUT2D eigenvalue weighted by molar-refractivity contribution is 0.0998. The second kappa shape index (κ2) is 18.0. The number of aliphatic hydroxyl groups excluding tert-OH is 1. The zero-order chi connectivity index (χ0) is 36.2. The minimum Gasteiger partial charge on any atom is -0.511 e. The molecule has 1 aliphatic heterocycles. The van der Waals surface area contributed by atoms with E-state index < -0.39 is 29.4 Å². The number of allylic oxidation sites excluding steroid dienone is 1. The molecule has 2 N–H and O–H groups in total. The molecule has 0 amide bonds. The van der Waals surface area contributed by atoms with Crippen LogP contribution in [0.15, 0.2) is 104 Å². The zero-order valence-corrected chi connectivity index (χ0v) is 29.6. The van der Waals surface area contributed by atoms with E-state index in [1.54, 1.807) is 6.20 Å². The molecule has 5 nitrogen and oxygen atoms in total. The number of benzene rings is 2. The molecule has 1 aliphatic rings. The van der Waals surface area contributed by atoms with Crippen LogP contribution in [0.1, 0.15) is 61.6 Å². The van der Waals surface area contributed by atoms with Gasteiger partial charge in [0.1, 0.15) is 23.2 Å². The molecule has 3 aromatic rings. The van der Waals surface area contributed by atoms with Gasteiger partial charge in [-0.2, -0.15) is 0 Å². The molecule has 2 heterocycles. The Morgan fingerprint density at radius 2 is 1.67 bits per heavy atom. The summed E-state index contributed by atoms with van der Waals surface area (Å²) in [6, 6.07) is 16.2. The van der Waals surface area contributed by atoms with Crippen molar-refractivity contribution in [1.29, 1.82) is 0 Å². The fraction of sp³-hybridized carbons (Fsp3) is 0.395. The highest BCUT2D eigenvalue weighted by molar-refractivity contribution is 6.15. The van der Waals surface area contributed by atoms with E-state index in [9.17, 15) is 18.3 Å². The van der Waals surface area contributed by atoms with Crippen molar-refractivity contribution in [3.8, 4) is 0 Å². The summed E-state index contributed by atoms with van der Waals surface area (Å²) in [6.45, 7) is 22.4. The number of alkyl halides is 4. The second-order valence-electron chi connectivity index (χ2n) is 12.9. The van der Waals surface area contributed by atoms with Gasteiger partial charge in [-0.1, -0.05) is 76.9 Å². The fourth-order valence-corrected chi connectivity index (χ4v) is 5.85. The summed E-state index contributed by atoms with van der Waals surface area (Å²) in [5, 5.41) is 14.3. The van der Waals surface area contributed by atoms with E-state index in [2.05, 4.69) is 62.3 Å². The van der Waals surface area contributed by atoms with Crippen molar-refractivity contribution in [3.63, 3.8) is 0 Å². The van der Waals surface area contributed by atoms with Gasteiger partial charge in [-0.25, -0.2) is 13.2 Å². The Bertz CT molecular complexity index is 1490. The lowest BCUT2D eigenvalue weighted by atomic mass is 9.79. The number of nitrogens with one attached hydrogen (secondary N) is 1. The third-order valence-corrected chi connectivity index (χ3v) is 7.98. The predicted octanol–water partition coefficient (Wildman–Crippen LogP) is 9.46. The number of aryl methyl sites for hydroxylation is 1. The standard InChI is InChI=1S/C36H43F3N4O.CH3Cl.CH3F/c1-24-13-14-33(40-22-24)36(21-28-11-9-8-10-12-28,30-17-29(34(38)39)18-31(37)19-30)41-27(4)43-16-15-42(23-32(43)26(3)44)25(2)20-35(5,6)7;2*1-2/h8-14,17-19,22,32,34,41,44H,2-4,15-16,20-21,23H2,1,5-7H3;2*1H3/t32-,36-;;/m0../s1. The molecule has 4 rings (SSSR count). The normalized spacial score (nSPS) is 15.7. The first kappa shape index (κ1) is 40.2. The number of hydrogen-bond donors (Lipinski definition) is 2. The van der Waals surface area contributed by atoms with E-state index in [-0.39, 0.29) is 23.2 Å². The maximum atomic E-state index is 15.1. The lowest BCUT2D eigenvalue weighted by Crippen LogP contribution is -2.57. The Labute approximate surface area is 288 Å². The first-order valence-electron chi connectivity index (χ1n) is 15.5. The van der Waals surface area contributed by atoms with Crippen LogP contribution in [0.25, 0.3) is 0 Å². The zero-order valence-electron chi connectivity index (χ0n) is 28.8. The summed E-state index contributed by atoms with van der Waals surface area (Å²) < 4.78 is 52.6. The van der Waals surface area contributed by atoms with Gasteiger partial charge >= 0.3 is 0 Å². The molecule has 10 heteroatoms. The van der Waals surface area contributed by atoms with Crippen LogP contribution < -0.4 is 5.32 Å². The van der Waals surface area contributed by atoms with Crippen molar-refractivity contribution in [2.75, 3.05) is 33.2 Å². The maximum absolute atomic E-state index is 15.1. The quantitative estimate of drug-likeness (QED) is 0.119. The van der Waals surface area contributed by atoms with Crippen molar-refractivity contribution in [1.82, 2.24) is 20.1 Å². The van der Waals surface area contributed by atoms with Crippen LogP contribution in [-0.4, -0.2) is 59.1 Å². The van der Waals surface area contributed by atoms with Crippen LogP contribution >= 0.6 is 11.6 Å². The molecule has 0 unspecified atom stereocenters. The number of piperazine rings is 1. The Hall–Kier alpha value is -3.98. The smallest absolute Gasteiger partial charge is 0.263 e. The maximum Gasteiger partial charge on any atom is 0.263 e. The summed E-state index contributed by atoms with van der Waals surface area (Å²) in [5.74, 6) is -0.385. The number of pyridine rings is 1. The van der Waals surface area contributed by atoms with Gasteiger partial charge < -0.3 is 20.2 Å². The van der Waals surface area contributed by atoms with E-state index in [0.29, 0.717) is 38.3 Å². The van der Waals surface area contributed by atoms with E-state index >= 15 is 4.39 Å². The van der Waals surface area contributed by atoms with Gasteiger partial charge in [-0.15, -0.1) is 11.6 Å². The third-order valence-electron chi connectivity index (χ3n) is 7.98. The summed E-state index contributed by atoms with van der Waals surface area (Å²) >= 11 is 4.64. The van der Waals surface area contributed by atoms with Crippen LogP contribution in [-0.2, 0) is 12.0 Å². The summed E-state index contributed by atoms with van der Waals surface area (Å²) in [7, 11) is 0.500. The molecule has 2 atom stereocenters. The van der Waals surface area contributed by atoms with E-state index in [1.807, 2.05) is 54.3 Å². The Morgan fingerprint density at radius 3 is 2.21 bits per heavy atom. The van der Waals surface area contributed by atoms with E-state index in [4.69, 9.17) is 4.98 Å². The number of aliphatic hydroxyl groups is 1. The highest BCUT2D eigenvalue weighted by atomic mass is 35.5. The first-order chi connectivity index (χ1) is 22.7. The Kier molecular flexibility index (Phi) is 15.0. The molecule has 2 aromatic carbocycles. The molecule has 0 radical (unpaired) electrons. The number of hydrogen-bond acceptors (Lipinski definition) is 5. The molecule has 1 aromatic heterocycles. The largest absolute Gasteiger partial charge is 0.511 e. The Morgan fingerprint density at radius 1 is 1.02 bits per heavy atom. The van der Waals surface area contributed by atoms with Gasteiger partial charge in [-0.05, 0) is 59.7 Å². The molecule has 0 bridgehead atoms. The van der Waals surface area contributed by atoms with Crippen molar-refractivity contribution >= 4 is 11.6 Å². The highest BCUT2D eigenvalue weighted by Gasteiger charge is 2.40. The average molecular weight is 689 g/mol. The SMILES string of the molecule is C=C(O)[C@@H]1CN(C(=C)CC(C)(C)C)CCN1C(=C)N[C@@](Cc1ccccc1)(c1cc(F)cc(C(F)F)c1)c1ccc(C)cn1.CCl.CF. The fourth-order valence-electron chi connectivity index (χ4n) is 5.85. The number of aromatic nitrogens is 1. The highest BCUT2D eigenvalue weighted by Crippen LogP contribution is 2.37. The minimum absolute atomic E-state index is 0.0333. The molecular formula is C38H49ClF4N4O. The summed E-state index contributed by atoms with van der Waals surface area (Å²) in [6.07, 6.45) is 1.35. The van der Waals surface area contributed by atoms with Gasteiger partial charge in [0.15, 0.2) is 0 Å². The van der Waals surface area contributed by atoms with Gasteiger partial charge in [-0.3, -0.25) is 9.37 Å². The monoisotopic (exact) mass is 688 g/mol. The summed E-state index contributed by atoms with van der Waals surface area (Å²) in [5.41, 5.74) is 1.88. The van der Waals surface area contributed by atoms with Crippen LogP contribution in [0.4, 0.5) is 17.6 Å². The van der Waals surface area contributed by atoms with Gasteiger partial charge in [0, 0.05) is 49.9 Å². The van der Waals surface area contributed by atoms with Gasteiger partial charge in [0.25, 0.3) is 6.43 Å². The van der Waals surface area contributed by atoms with Crippen LogP contribution in [0.2, 0.25) is 0 Å². The minimum atomic E-state index is -2.87. The molecule has 0 saturated carbocycles. The lowest BCUT2D eigenvalue weighted by Gasteiger charge is -2.47. The van der Waals surface area contributed by atoms with Crippen molar-refractivity contribution in [2.24, 2.45) is 5.41 Å². The van der Waals surface area contributed by atoms with Crippen molar-refractivity contribution < 1.29 is 22.7 Å². The number of halogens is 5. The molecule has 0 spiro atoms. The van der Waals surface area contributed by atoms with E-state index in [0.717, 1.165) is 29.3 Å². The summed E-state index contributed by atoms with van der Waals surface area (Å²) in [4.78, 5) is 8.81. The van der Waals surface area contributed by atoms with Gasteiger partial charge in [0.2, 0.25) is 0 Å². The molecular weight excluding hydrogens is 640 g/mol. The predicted molar refractivity (Wildman–Crippen MR) is 189 cm³/mol. The topological polar surface area (TPSA) is 51.6 Å². The van der Waals surface area contributed by atoms with E-state index in [1.165, 1.54) is 18.5 Å². The molecule has 262 valence electrons. The first-order valence-corrected chi connectivity index (χ1v) is 16.3. The third kappa shape index (κ3) is 10.5. The van der Waals surface area contributed by atoms with Crippen LogP contribution in [0, 0.1) is 18.2 Å². The average Bonchev–Trinajstić information content (AvgIpc) is 3.05. The van der Waals surface area contributed by atoms with Crippen molar-refractivity contribution in [2.45, 2.75) is 58.5 Å². The van der Waals surface area contributed by atoms with Crippen LogP contribution in [0.3, 0.4) is 0 Å². The number of nitrogens with zero attached hydrogens (tertiary/aromatic N) is 3. The van der Waals surface area contributed by atoms with Crippen LogP contribution in [0.5, 0.6) is 0 Å². The molecule has 1 fully saturated rings. The molecule has 1 saturated heterocycles. The molecule has 0 aliphatic carbocycles.